The Morgan fingerprint density at radius 1 is 1.29 bits per heavy atom. The highest BCUT2D eigenvalue weighted by Gasteiger charge is 2.13. The van der Waals surface area contributed by atoms with Gasteiger partial charge in [0.25, 0.3) is 0 Å². The van der Waals surface area contributed by atoms with Gasteiger partial charge in [0.05, 0.1) is 0 Å². The molecule has 21 heavy (non-hydrogen) atoms. The Morgan fingerprint density at radius 2 is 2.19 bits per heavy atom. The third-order valence-electron chi connectivity index (χ3n) is 4.36. The van der Waals surface area contributed by atoms with Crippen LogP contribution in [0.4, 0.5) is 0 Å². The summed E-state index contributed by atoms with van der Waals surface area (Å²) in [7, 11) is 0. The van der Waals surface area contributed by atoms with Crippen molar-refractivity contribution in [3.8, 4) is 0 Å². The monoisotopic (exact) mass is 280 g/mol. The van der Waals surface area contributed by atoms with Gasteiger partial charge in [-0.1, -0.05) is 73.8 Å². The zero-order valence-corrected chi connectivity index (χ0v) is 13.3. The van der Waals surface area contributed by atoms with E-state index in [2.05, 4.69) is 56.0 Å². The third kappa shape index (κ3) is 5.38. The highest BCUT2D eigenvalue weighted by atomic mass is 14.2. The molecule has 0 aromatic carbocycles. The number of hydrogen-bond donors (Lipinski definition) is 0. The lowest BCUT2D eigenvalue weighted by atomic mass is 9.86. The minimum atomic E-state index is 0.609. The first-order valence-electron chi connectivity index (χ1n) is 8.31. The summed E-state index contributed by atoms with van der Waals surface area (Å²) in [5.41, 5.74) is 3.03. The first-order chi connectivity index (χ1) is 10.3. The van der Waals surface area contributed by atoms with Crippen LogP contribution in [0.2, 0.25) is 0 Å². The molecule has 2 unspecified atom stereocenters. The van der Waals surface area contributed by atoms with E-state index in [1.54, 1.807) is 0 Å². The summed E-state index contributed by atoms with van der Waals surface area (Å²) in [4.78, 5) is 0. The first-order valence-corrected chi connectivity index (χ1v) is 8.31. The van der Waals surface area contributed by atoms with Crippen molar-refractivity contribution >= 4 is 0 Å². The van der Waals surface area contributed by atoms with Crippen molar-refractivity contribution in [2.24, 2.45) is 11.8 Å². The summed E-state index contributed by atoms with van der Waals surface area (Å²) >= 11 is 0. The molecule has 2 aliphatic rings. The topological polar surface area (TPSA) is 0 Å². The zero-order chi connectivity index (χ0) is 14.9. The van der Waals surface area contributed by atoms with Crippen molar-refractivity contribution in [3.63, 3.8) is 0 Å². The molecule has 0 fully saturated rings. The minimum Gasteiger partial charge on any atom is -0.0991 e. The maximum absolute atomic E-state index is 3.71. The predicted octanol–water partition coefficient (Wildman–Crippen LogP) is 6.31. The fourth-order valence-electron chi connectivity index (χ4n) is 2.94. The fraction of sp³-hybridized carbons (Fsp3) is 0.429. The second-order valence-corrected chi connectivity index (χ2v) is 6.21. The Bertz CT molecular complexity index is 482. The van der Waals surface area contributed by atoms with E-state index in [4.69, 9.17) is 0 Å². The van der Waals surface area contributed by atoms with E-state index in [1.807, 2.05) is 12.2 Å². The summed E-state index contributed by atoms with van der Waals surface area (Å²) in [5, 5.41) is 0. The molecule has 2 aliphatic carbocycles. The lowest BCUT2D eigenvalue weighted by molar-refractivity contribution is 0.540. The van der Waals surface area contributed by atoms with Crippen LogP contribution in [0.15, 0.2) is 72.4 Å². The van der Waals surface area contributed by atoms with E-state index in [9.17, 15) is 0 Å². The molecule has 0 nitrogen and oxygen atoms in total. The number of hydrogen-bond acceptors (Lipinski definition) is 0. The molecule has 0 heterocycles. The van der Waals surface area contributed by atoms with Crippen LogP contribution >= 0.6 is 0 Å². The van der Waals surface area contributed by atoms with Gasteiger partial charge in [-0.2, -0.15) is 0 Å². The van der Waals surface area contributed by atoms with Gasteiger partial charge in [0.15, 0.2) is 0 Å². The minimum absolute atomic E-state index is 0.609. The van der Waals surface area contributed by atoms with Gasteiger partial charge in [-0.25, -0.2) is 0 Å². The Balaban J connectivity index is 1.74. The van der Waals surface area contributed by atoms with Crippen LogP contribution in [0.25, 0.3) is 0 Å². The average molecular weight is 280 g/mol. The van der Waals surface area contributed by atoms with Gasteiger partial charge in [-0.3, -0.25) is 0 Å². The van der Waals surface area contributed by atoms with Gasteiger partial charge < -0.3 is 0 Å². The van der Waals surface area contributed by atoms with Gasteiger partial charge in [-0.15, -0.1) is 0 Å². The molecule has 0 radical (unpaired) electrons. The molecular formula is C21H28. The van der Waals surface area contributed by atoms with Crippen LogP contribution in [-0.2, 0) is 0 Å². The van der Waals surface area contributed by atoms with E-state index in [0.29, 0.717) is 5.92 Å². The number of rotatable bonds is 7. The first kappa shape index (κ1) is 15.8. The molecule has 0 aromatic rings. The van der Waals surface area contributed by atoms with E-state index in [0.717, 1.165) is 12.3 Å². The van der Waals surface area contributed by atoms with Crippen LogP contribution < -0.4 is 0 Å². The molecule has 0 saturated carbocycles. The van der Waals surface area contributed by atoms with Crippen LogP contribution in [-0.4, -0.2) is 0 Å². The van der Waals surface area contributed by atoms with E-state index in [1.165, 1.54) is 43.3 Å². The van der Waals surface area contributed by atoms with Gasteiger partial charge in [-0.05, 0) is 50.0 Å². The van der Waals surface area contributed by atoms with Crippen molar-refractivity contribution in [1.82, 2.24) is 0 Å². The van der Waals surface area contributed by atoms with Crippen molar-refractivity contribution in [3.05, 3.63) is 72.4 Å². The lowest BCUT2D eigenvalue weighted by Gasteiger charge is -2.20. The summed E-state index contributed by atoms with van der Waals surface area (Å²) in [6.07, 6.45) is 27.6. The molecule has 112 valence electrons. The van der Waals surface area contributed by atoms with Gasteiger partial charge in [0.2, 0.25) is 0 Å². The second-order valence-electron chi connectivity index (χ2n) is 6.21. The quantitative estimate of drug-likeness (QED) is 0.479. The normalized spacial score (nSPS) is 23.0. The summed E-state index contributed by atoms with van der Waals surface area (Å²) < 4.78 is 0. The fourth-order valence-corrected chi connectivity index (χ4v) is 2.94. The summed E-state index contributed by atoms with van der Waals surface area (Å²) in [6.45, 7) is 6.04. The van der Waals surface area contributed by atoms with E-state index < -0.39 is 0 Å². The SMILES string of the molecule is C=CC=CCC(C)CCC1=CCC(C2=CCCC=C2)C=C1. The highest BCUT2D eigenvalue weighted by Crippen LogP contribution is 2.29. The van der Waals surface area contributed by atoms with E-state index >= 15 is 0 Å². The molecule has 0 aromatic heterocycles. The van der Waals surface area contributed by atoms with Crippen molar-refractivity contribution in [2.45, 2.75) is 45.4 Å². The summed E-state index contributed by atoms with van der Waals surface area (Å²) in [6, 6.07) is 0. The molecule has 2 atom stereocenters. The molecule has 0 saturated heterocycles. The molecule has 0 amide bonds. The second kappa shape index (κ2) is 8.67. The van der Waals surface area contributed by atoms with Crippen LogP contribution in [0, 0.1) is 11.8 Å². The van der Waals surface area contributed by atoms with Crippen molar-refractivity contribution in [2.75, 3.05) is 0 Å². The molecule has 0 spiro atoms. The zero-order valence-electron chi connectivity index (χ0n) is 13.3. The largest absolute Gasteiger partial charge is 0.0991 e. The highest BCUT2D eigenvalue weighted by molar-refractivity contribution is 5.34. The summed E-state index contributed by atoms with van der Waals surface area (Å²) in [5.74, 6) is 1.36. The van der Waals surface area contributed by atoms with Crippen LogP contribution in [0.1, 0.15) is 45.4 Å². The maximum Gasteiger partial charge on any atom is 0.00526 e. The maximum atomic E-state index is 3.71. The standard InChI is InChI=1S/C21H28/c1-3-4-6-9-18(2)12-13-19-14-16-21(17-15-19)20-10-7-5-8-11-20/h3-4,6-7,10-11,14-16,18,21H,1,5,8-9,12-13,17H2,2H3. The van der Waals surface area contributed by atoms with Crippen LogP contribution in [0.3, 0.4) is 0 Å². The molecule has 0 N–H and O–H groups in total. The molecule has 0 bridgehead atoms. The Labute approximate surface area is 130 Å². The molecule has 2 rings (SSSR count). The third-order valence-corrected chi connectivity index (χ3v) is 4.36. The van der Waals surface area contributed by atoms with Gasteiger partial charge in [0, 0.05) is 5.92 Å². The van der Waals surface area contributed by atoms with Crippen molar-refractivity contribution in [1.29, 1.82) is 0 Å². The van der Waals surface area contributed by atoms with Crippen LogP contribution in [0.5, 0.6) is 0 Å². The predicted molar refractivity (Wildman–Crippen MR) is 94.1 cm³/mol. The van der Waals surface area contributed by atoms with E-state index in [-0.39, 0.29) is 0 Å². The Hall–Kier alpha value is -1.56. The van der Waals surface area contributed by atoms with Crippen molar-refractivity contribution < 1.29 is 0 Å². The number of allylic oxidation sites excluding steroid dienone is 11. The lowest BCUT2D eigenvalue weighted by Crippen LogP contribution is -2.04. The molecule has 0 aliphatic heterocycles. The van der Waals surface area contributed by atoms with Gasteiger partial charge >= 0.3 is 0 Å². The smallest absolute Gasteiger partial charge is 0.00526 e. The molecular weight excluding hydrogens is 252 g/mol. The molecule has 0 heteroatoms. The Kier molecular flexibility index (Phi) is 6.53. The Morgan fingerprint density at radius 3 is 2.86 bits per heavy atom. The average Bonchev–Trinajstić information content (AvgIpc) is 2.54. The van der Waals surface area contributed by atoms with Gasteiger partial charge in [0.1, 0.15) is 0 Å².